The van der Waals surface area contributed by atoms with Crippen molar-refractivity contribution in [2.24, 2.45) is 5.41 Å². The first-order valence-corrected chi connectivity index (χ1v) is 5.96. The topological polar surface area (TPSA) is 16.1 Å². The van der Waals surface area contributed by atoms with E-state index in [2.05, 4.69) is 9.88 Å². The lowest BCUT2D eigenvalue weighted by atomic mass is 10.1. The Morgan fingerprint density at radius 1 is 1.40 bits per heavy atom. The van der Waals surface area contributed by atoms with E-state index in [1.807, 2.05) is 12.1 Å². The largest absolute Gasteiger partial charge is 0.297 e. The van der Waals surface area contributed by atoms with Crippen molar-refractivity contribution in [3.05, 3.63) is 29.0 Å². The van der Waals surface area contributed by atoms with Crippen LogP contribution in [0, 0.1) is 5.41 Å². The molecule has 1 spiro atoms. The average Bonchev–Trinajstić information content (AvgIpc) is 2.83. The summed E-state index contributed by atoms with van der Waals surface area (Å²) in [6, 6.07) is 3.80. The van der Waals surface area contributed by atoms with E-state index in [9.17, 15) is 0 Å². The van der Waals surface area contributed by atoms with E-state index in [4.69, 9.17) is 11.6 Å². The summed E-state index contributed by atoms with van der Waals surface area (Å²) in [5.74, 6) is 0. The first-order chi connectivity index (χ1) is 7.26. The molecule has 1 saturated carbocycles. The van der Waals surface area contributed by atoms with Gasteiger partial charge in [0.1, 0.15) is 0 Å². The van der Waals surface area contributed by atoms with Gasteiger partial charge in [0.05, 0.1) is 5.69 Å². The van der Waals surface area contributed by atoms with Crippen molar-refractivity contribution in [1.29, 1.82) is 0 Å². The van der Waals surface area contributed by atoms with Crippen LogP contribution in [0.15, 0.2) is 18.3 Å². The maximum Gasteiger partial charge on any atom is 0.0558 e. The maximum absolute atomic E-state index is 5.94. The zero-order valence-corrected chi connectivity index (χ0v) is 9.50. The van der Waals surface area contributed by atoms with Crippen LogP contribution in [0.5, 0.6) is 0 Å². The highest BCUT2D eigenvalue weighted by Crippen LogP contribution is 2.52. The van der Waals surface area contributed by atoms with Crippen molar-refractivity contribution in [1.82, 2.24) is 9.88 Å². The molecule has 0 radical (unpaired) electrons. The number of hydrogen-bond donors (Lipinski definition) is 0. The number of pyridine rings is 1. The molecule has 80 valence electrons. The number of hydrogen-bond acceptors (Lipinski definition) is 2. The lowest BCUT2D eigenvalue weighted by molar-refractivity contribution is 0.309. The number of aromatic nitrogens is 1. The standard InChI is InChI=1S/C12H15ClN2/c13-10-1-5-14-11(7-10)8-15-6-4-12(9-15)2-3-12/h1,5,7H,2-4,6,8-9H2. The van der Waals surface area contributed by atoms with Gasteiger partial charge in [-0.25, -0.2) is 0 Å². The van der Waals surface area contributed by atoms with Crippen LogP contribution in [0.1, 0.15) is 25.0 Å². The third kappa shape index (κ3) is 2.01. The number of likely N-dealkylation sites (tertiary alicyclic amines) is 1. The molecule has 1 aromatic heterocycles. The molecule has 2 fully saturated rings. The summed E-state index contributed by atoms with van der Waals surface area (Å²) in [5.41, 5.74) is 1.80. The third-order valence-corrected chi connectivity index (χ3v) is 3.87. The summed E-state index contributed by atoms with van der Waals surface area (Å²) >= 11 is 5.94. The van der Waals surface area contributed by atoms with E-state index in [1.54, 1.807) is 6.20 Å². The fraction of sp³-hybridized carbons (Fsp3) is 0.583. The molecule has 3 heteroatoms. The molecule has 0 unspecified atom stereocenters. The Balaban J connectivity index is 1.66. The smallest absolute Gasteiger partial charge is 0.0558 e. The predicted molar refractivity (Wildman–Crippen MR) is 60.8 cm³/mol. The van der Waals surface area contributed by atoms with Gasteiger partial charge in [0.25, 0.3) is 0 Å². The van der Waals surface area contributed by atoms with Gasteiger partial charge in [-0.05, 0) is 43.4 Å². The van der Waals surface area contributed by atoms with Gasteiger partial charge in [-0.15, -0.1) is 0 Å². The molecular weight excluding hydrogens is 208 g/mol. The molecule has 15 heavy (non-hydrogen) atoms. The summed E-state index contributed by atoms with van der Waals surface area (Å²) < 4.78 is 0. The second kappa shape index (κ2) is 3.46. The van der Waals surface area contributed by atoms with Crippen LogP contribution < -0.4 is 0 Å². The van der Waals surface area contributed by atoms with Crippen molar-refractivity contribution >= 4 is 11.6 Å². The highest BCUT2D eigenvalue weighted by molar-refractivity contribution is 6.30. The van der Waals surface area contributed by atoms with Crippen molar-refractivity contribution in [3.63, 3.8) is 0 Å². The Morgan fingerprint density at radius 3 is 2.93 bits per heavy atom. The van der Waals surface area contributed by atoms with Gasteiger partial charge in [0.2, 0.25) is 0 Å². The Labute approximate surface area is 95.3 Å². The van der Waals surface area contributed by atoms with Gasteiger partial charge in [0, 0.05) is 24.3 Å². The molecule has 2 nitrogen and oxygen atoms in total. The highest BCUT2D eigenvalue weighted by atomic mass is 35.5. The zero-order chi connectivity index (χ0) is 10.3. The molecule has 2 aliphatic rings. The molecule has 0 N–H and O–H groups in total. The minimum Gasteiger partial charge on any atom is -0.297 e. The average molecular weight is 223 g/mol. The third-order valence-electron chi connectivity index (χ3n) is 3.64. The van der Waals surface area contributed by atoms with Gasteiger partial charge in [-0.2, -0.15) is 0 Å². The Hall–Kier alpha value is -0.600. The summed E-state index contributed by atoms with van der Waals surface area (Å²) in [6.45, 7) is 3.46. The second-order valence-corrected chi connectivity index (χ2v) is 5.36. The summed E-state index contributed by atoms with van der Waals surface area (Å²) in [6.07, 6.45) is 6.05. The van der Waals surface area contributed by atoms with E-state index in [1.165, 1.54) is 32.4 Å². The minimum absolute atomic E-state index is 0.707. The summed E-state index contributed by atoms with van der Waals surface area (Å²) in [5, 5.41) is 0.792. The van der Waals surface area contributed by atoms with Crippen molar-refractivity contribution in [2.75, 3.05) is 13.1 Å². The highest BCUT2D eigenvalue weighted by Gasteiger charge is 2.47. The zero-order valence-electron chi connectivity index (χ0n) is 8.75. The van der Waals surface area contributed by atoms with Crippen LogP contribution in [-0.2, 0) is 6.54 Å². The van der Waals surface area contributed by atoms with Gasteiger partial charge in [0.15, 0.2) is 0 Å². The van der Waals surface area contributed by atoms with Crippen molar-refractivity contribution in [3.8, 4) is 0 Å². The maximum atomic E-state index is 5.94. The first kappa shape index (κ1) is 9.61. The number of halogens is 1. The Kier molecular flexibility index (Phi) is 2.22. The fourth-order valence-electron chi connectivity index (χ4n) is 2.51. The van der Waals surface area contributed by atoms with E-state index < -0.39 is 0 Å². The van der Waals surface area contributed by atoms with E-state index in [0.717, 1.165) is 17.3 Å². The Morgan fingerprint density at radius 2 is 2.27 bits per heavy atom. The molecule has 0 amide bonds. The van der Waals surface area contributed by atoms with Crippen LogP contribution in [0.2, 0.25) is 5.02 Å². The number of nitrogens with zero attached hydrogens (tertiary/aromatic N) is 2. The molecule has 0 bridgehead atoms. The number of rotatable bonds is 2. The molecule has 2 heterocycles. The second-order valence-electron chi connectivity index (χ2n) is 4.93. The van der Waals surface area contributed by atoms with Crippen LogP contribution in [0.25, 0.3) is 0 Å². The van der Waals surface area contributed by atoms with Crippen LogP contribution in [0.3, 0.4) is 0 Å². The SMILES string of the molecule is Clc1ccnc(CN2CCC3(CC3)C2)c1. The monoisotopic (exact) mass is 222 g/mol. The summed E-state index contributed by atoms with van der Waals surface area (Å²) in [7, 11) is 0. The molecule has 1 aliphatic carbocycles. The minimum atomic E-state index is 0.707. The predicted octanol–water partition coefficient (Wildman–Crippen LogP) is 2.72. The van der Waals surface area contributed by atoms with Crippen LogP contribution in [-0.4, -0.2) is 23.0 Å². The van der Waals surface area contributed by atoms with Crippen molar-refractivity contribution < 1.29 is 0 Å². The quantitative estimate of drug-likeness (QED) is 0.765. The van der Waals surface area contributed by atoms with E-state index in [0.29, 0.717) is 5.41 Å². The van der Waals surface area contributed by atoms with Gasteiger partial charge in [-0.1, -0.05) is 11.6 Å². The molecule has 1 aliphatic heterocycles. The van der Waals surface area contributed by atoms with E-state index in [-0.39, 0.29) is 0 Å². The lowest BCUT2D eigenvalue weighted by Gasteiger charge is -2.14. The Bertz CT molecular complexity index is 374. The van der Waals surface area contributed by atoms with Crippen molar-refractivity contribution in [2.45, 2.75) is 25.8 Å². The van der Waals surface area contributed by atoms with Crippen LogP contribution in [0.4, 0.5) is 0 Å². The van der Waals surface area contributed by atoms with Gasteiger partial charge < -0.3 is 0 Å². The molecule has 3 rings (SSSR count). The van der Waals surface area contributed by atoms with Crippen LogP contribution >= 0.6 is 11.6 Å². The molecule has 1 aromatic rings. The molecule has 0 aromatic carbocycles. The van der Waals surface area contributed by atoms with Gasteiger partial charge >= 0.3 is 0 Å². The molecule has 0 atom stereocenters. The van der Waals surface area contributed by atoms with E-state index >= 15 is 0 Å². The fourth-order valence-corrected chi connectivity index (χ4v) is 2.69. The summed E-state index contributed by atoms with van der Waals surface area (Å²) in [4.78, 5) is 6.85. The molecular formula is C12H15ClN2. The molecule has 1 saturated heterocycles. The van der Waals surface area contributed by atoms with Gasteiger partial charge in [-0.3, -0.25) is 9.88 Å². The first-order valence-electron chi connectivity index (χ1n) is 5.59. The normalized spacial score (nSPS) is 23.5. The lowest BCUT2D eigenvalue weighted by Crippen LogP contribution is -2.20.